The van der Waals surface area contributed by atoms with E-state index in [9.17, 15) is 9.18 Å². The highest BCUT2D eigenvalue weighted by Gasteiger charge is 2.41. The lowest BCUT2D eigenvalue weighted by atomic mass is 9.78. The minimum atomic E-state index is -0.811. The maximum absolute atomic E-state index is 13.6. The molecule has 0 amide bonds. The van der Waals surface area contributed by atoms with Crippen molar-refractivity contribution < 1.29 is 13.9 Å². The van der Waals surface area contributed by atoms with Gasteiger partial charge in [0.1, 0.15) is 5.82 Å². The first-order chi connectivity index (χ1) is 13.0. The van der Waals surface area contributed by atoms with E-state index in [1.165, 1.54) is 25.3 Å². The molecule has 0 radical (unpaired) electrons. The molecule has 0 fully saturated rings. The zero-order valence-electron chi connectivity index (χ0n) is 14.7. The monoisotopic (exact) mass is 382 g/mol. The lowest BCUT2D eigenvalue weighted by molar-refractivity contribution is -0.143. The number of carbonyl (C=O) groups is 1. The molecule has 0 bridgehead atoms. The molecule has 27 heavy (non-hydrogen) atoms. The van der Waals surface area contributed by atoms with E-state index in [0.717, 1.165) is 5.56 Å². The molecule has 2 aromatic rings. The SMILES string of the molecule is [C-]#[N+]C1=C(c2ccccc2)N=C(C)C(C(=O)OC)C1c1ccc(F)cc1Cl. The maximum atomic E-state index is 13.6. The van der Waals surface area contributed by atoms with Gasteiger partial charge in [0.05, 0.1) is 25.3 Å². The Kier molecular flexibility index (Phi) is 5.38. The molecule has 2 atom stereocenters. The van der Waals surface area contributed by atoms with Crippen LogP contribution in [0.2, 0.25) is 5.02 Å². The summed E-state index contributed by atoms with van der Waals surface area (Å²) in [6.07, 6.45) is 0. The fraction of sp³-hybridized carbons (Fsp3) is 0.190. The van der Waals surface area contributed by atoms with Crippen LogP contribution in [0.4, 0.5) is 4.39 Å². The Hall–Kier alpha value is -2.97. The molecule has 0 aliphatic carbocycles. The number of esters is 1. The van der Waals surface area contributed by atoms with Crippen LogP contribution in [0.5, 0.6) is 0 Å². The summed E-state index contributed by atoms with van der Waals surface area (Å²) < 4.78 is 18.5. The second-order valence-electron chi connectivity index (χ2n) is 6.11. The molecule has 6 heteroatoms. The van der Waals surface area contributed by atoms with Crippen LogP contribution in [0, 0.1) is 18.3 Å². The average Bonchev–Trinajstić information content (AvgIpc) is 2.67. The Morgan fingerprint density at radius 2 is 1.96 bits per heavy atom. The van der Waals surface area contributed by atoms with E-state index in [4.69, 9.17) is 22.9 Å². The summed E-state index contributed by atoms with van der Waals surface area (Å²) in [5.41, 5.74) is 2.51. The molecule has 136 valence electrons. The van der Waals surface area contributed by atoms with E-state index in [1.807, 2.05) is 30.3 Å². The van der Waals surface area contributed by atoms with Gasteiger partial charge < -0.3 is 4.74 Å². The van der Waals surface area contributed by atoms with Crippen LogP contribution in [0.15, 0.2) is 59.2 Å². The third-order valence-electron chi connectivity index (χ3n) is 4.53. The molecule has 2 aromatic carbocycles. The Labute approximate surface area is 161 Å². The number of rotatable bonds is 3. The fourth-order valence-electron chi connectivity index (χ4n) is 3.29. The number of ether oxygens (including phenoxy) is 1. The number of nitrogens with zero attached hydrogens (tertiary/aromatic N) is 2. The molecular weight excluding hydrogens is 367 g/mol. The standard InChI is InChI=1S/C21H16ClFN2O2/c1-12-17(21(26)27-3)18(15-10-9-14(23)11-16(15)22)20(24-2)19(25-12)13-7-5-4-6-8-13/h4-11,17-18H,1,3H3. The predicted octanol–water partition coefficient (Wildman–Crippen LogP) is 5.11. The summed E-state index contributed by atoms with van der Waals surface area (Å²) in [6.45, 7) is 9.47. The molecule has 1 aliphatic heterocycles. The van der Waals surface area contributed by atoms with Crippen LogP contribution in [-0.2, 0) is 9.53 Å². The van der Waals surface area contributed by atoms with E-state index in [2.05, 4.69) is 9.84 Å². The molecule has 1 aliphatic rings. The normalized spacial score (nSPS) is 19.3. The summed E-state index contributed by atoms with van der Waals surface area (Å²) in [6, 6.07) is 13.2. The molecule has 0 aromatic heterocycles. The van der Waals surface area contributed by atoms with E-state index in [1.54, 1.807) is 6.92 Å². The molecular formula is C21H16ClFN2O2. The van der Waals surface area contributed by atoms with Crippen LogP contribution in [-0.4, -0.2) is 18.8 Å². The zero-order chi connectivity index (χ0) is 19.6. The summed E-state index contributed by atoms with van der Waals surface area (Å²) in [5.74, 6) is -2.53. The van der Waals surface area contributed by atoms with Crippen molar-refractivity contribution in [2.45, 2.75) is 12.8 Å². The lowest BCUT2D eigenvalue weighted by Crippen LogP contribution is -2.33. The number of methoxy groups -OCH3 is 1. The van der Waals surface area contributed by atoms with Gasteiger partial charge in [0.2, 0.25) is 0 Å². The van der Waals surface area contributed by atoms with Gasteiger partial charge in [-0.2, -0.15) is 0 Å². The van der Waals surface area contributed by atoms with Crippen molar-refractivity contribution in [2.24, 2.45) is 10.9 Å². The largest absolute Gasteiger partial charge is 0.469 e. The van der Waals surface area contributed by atoms with Crippen molar-refractivity contribution in [3.63, 3.8) is 0 Å². The van der Waals surface area contributed by atoms with Crippen molar-refractivity contribution in [1.29, 1.82) is 0 Å². The van der Waals surface area contributed by atoms with Gasteiger partial charge in [-0.1, -0.05) is 48.0 Å². The Morgan fingerprint density at radius 3 is 2.56 bits per heavy atom. The number of halogens is 2. The maximum Gasteiger partial charge on any atom is 0.314 e. The second-order valence-corrected chi connectivity index (χ2v) is 6.52. The highest BCUT2D eigenvalue weighted by atomic mass is 35.5. The van der Waals surface area contributed by atoms with E-state index >= 15 is 0 Å². The molecule has 2 unspecified atom stereocenters. The van der Waals surface area contributed by atoms with Crippen molar-refractivity contribution in [3.8, 4) is 0 Å². The molecule has 0 N–H and O–H groups in total. The van der Waals surface area contributed by atoms with Crippen molar-refractivity contribution >= 4 is 29.0 Å². The quantitative estimate of drug-likeness (QED) is 0.546. The first-order valence-corrected chi connectivity index (χ1v) is 8.60. The van der Waals surface area contributed by atoms with Gasteiger partial charge in [0, 0.05) is 16.7 Å². The van der Waals surface area contributed by atoms with E-state index < -0.39 is 23.6 Å². The van der Waals surface area contributed by atoms with Crippen LogP contribution in [0.1, 0.15) is 24.0 Å². The third kappa shape index (κ3) is 3.49. The Balaban J connectivity index is 2.29. The summed E-state index contributed by atoms with van der Waals surface area (Å²) in [4.78, 5) is 20.7. The van der Waals surface area contributed by atoms with Crippen molar-refractivity contribution in [1.82, 2.24) is 0 Å². The van der Waals surface area contributed by atoms with Gasteiger partial charge in [-0.15, -0.1) is 0 Å². The highest BCUT2D eigenvalue weighted by Crippen LogP contribution is 2.45. The topological polar surface area (TPSA) is 43.0 Å². The molecule has 0 saturated heterocycles. The zero-order valence-corrected chi connectivity index (χ0v) is 15.5. The Morgan fingerprint density at radius 1 is 1.26 bits per heavy atom. The number of hydrogen-bond donors (Lipinski definition) is 0. The van der Waals surface area contributed by atoms with E-state index in [-0.39, 0.29) is 10.7 Å². The first kappa shape index (κ1) is 18.8. The number of carbonyl (C=O) groups excluding carboxylic acids is 1. The van der Waals surface area contributed by atoms with Gasteiger partial charge in [0.15, 0.2) is 5.70 Å². The van der Waals surface area contributed by atoms with Crippen molar-refractivity contribution in [2.75, 3.05) is 7.11 Å². The van der Waals surface area contributed by atoms with Gasteiger partial charge in [0.25, 0.3) is 0 Å². The minimum absolute atomic E-state index is 0.150. The average molecular weight is 383 g/mol. The fourth-order valence-corrected chi connectivity index (χ4v) is 3.58. The second kappa shape index (κ2) is 7.73. The first-order valence-electron chi connectivity index (χ1n) is 8.23. The Bertz CT molecular complexity index is 993. The number of aliphatic imine (C=N–C) groups is 1. The minimum Gasteiger partial charge on any atom is -0.469 e. The molecule has 0 saturated carbocycles. The molecule has 3 rings (SSSR count). The third-order valence-corrected chi connectivity index (χ3v) is 4.86. The smallest absolute Gasteiger partial charge is 0.314 e. The number of benzene rings is 2. The van der Waals surface area contributed by atoms with Crippen LogP contribution >= 0.6 is 11.6 Å². The number of hydrogen-bond acceptors (Lipinski definition) is 3. The molecule has 4 nitrogen and oxygen atoms in total. The highest BCUT2D eigenvalue weighted by molar-refractivity contribution is 6.31. The van der Waals surface area contributed by atoms with Gasteiger partial charge >= 0.3 is 5.97 Å². The van der Waals surface area contributed by atoms with E-state index in [0.29, 0.717) is 17.0 Å². The number of allylic oxidation sites excluding steroid dienone is 1. The lowest BCUT2D eigenvalue weighted by Gasteiger charge is -2.30. The van der Waals surface area contributed by atoms with Crippen LogP contribution in [0.25, 0.3) is 10.5 Å². The van der Waals surface area contributed by atoms with Gasteiger partial charge in [-0.25, -0.2) is 9.24 Å². The molecule has 1 heterocycles. The van der Waals surface area contributed by atoms with Crippen molar-refractivity contribution in [3.05, 3.63) is 87.6 Å². The summed E-state index contributed by atoms with van der Waals surface area (Å²) in [5, 5.41) is 0.150. The summed E-state index contributed by atoms with van der Waals surface area (Å²) in [7, 11) is 1.28. The summed E-state index contributed by atoms with van der Waals surface area (Å²) >= 11 is 6.28. The van der Waals surface area contributed by atoms with Gasteiger partial charge in [-0.3, -0.25) is 9.79 Å². The van der Waals surface area contributed by atoms with Crippen LogP contribution < -0.4 is 0 Å². The predicted molar refractivity (Wildman–Crippen MR) is 103 cm³/mol. The molecule has 0 spiro atoms. The van der Waals surface area contributed by atoms with Crippen LogP contribution in [0.3, 0.4) is 0 Å². The van der Waals surface area contributed by atoms with Gasteiger partial charge in [-0.05, 0) is 30.2 Å².